The van der Waals surface area contributed by atoms with Crippen molar-refractivity contribution in [3.63, 3.8) is 0 Å². The molecule has 46 heavy (non-hydrogen) atoms. The first-order valence-corrected chi connectivity index (χ1v) is 18.9. The van der Waals surface area contributed by atoms with Crippen molar-refractivity contribution in [3.05, 3.63) is 158 Å². The van der Waals surface area contributed by atoms with E-state index in [9.17, 15) is 0 Å². The second-order valence-electron chi connectivity index (χ2n) is 11.8. The van der Waals surface area contributed by atoms with Crippen LogP contribution >= 0.6 is 0 Å². The summed E-state index contributed by atoms with van der Waals surface area (Å²) in [4.78, 5) is 4.92. The topological polar surface area (TPSA) is 6.48 Å². The van der Waals surface area contributed by atoms with E-state index in [1.165, 1.54) is 84.3 Å². The normalized spacial score (nSPS) is 13.4. The number of para-hydroxylation sites is 4. The maximum atomic E-state index is 2.46. The molecular formula is C42H26N2Se2. The van der Waals surface area contributed by atoms with Crippen LogP contribution in [-0.4, -0.2) is 29.9 Å². The van der Waals surface area contributed by atoms with Crippen LogP contribution in [0.25, 0.3) is 32.3 Å². The predicted molar refractivity (Wildman–Crippen MR) is 198 cm³/mol. The van der Waals surface area contributed by atoms with E-state index in [-0.39, 0.29) is 29.9 Å². The minimum atomic E-state index is 0.289. The van der Waals surface area contributed by atoms with Gasteiger partial charge in [-0.3, -0.25) is 0 Å². The van der Waals surface area contributed by atoms with Gasteiger partial charge in [0, 0.05) is 0 Å². The fraction of sp³-hybridized carbons (Fsp3) is 0. The first kappa shape index (κ1) is 26.4. The van der Waals surface area contributed by atoms with Crippen molar-refractivity contribution in [3.8, 4) is 0 Å². The van der Waals surface area contributed by atoms with Crippen LogP contribution in [0.4, 0.5) is 34.1 Å². The standard InChI is InChI=1S/C42H26N2Se2/c1-2-12-30-29(11-1)33-25-27(43-35-13-3-7-17-39(35)45-40-18-8-4-14-36(40)43)21-23-31(33)32-24-22-28(26-34(30)32)44-37-15-5-9-19-41(37)46-42-20-10-6-16-38(42)44/h1-26H. The van der Waals surface area contributed by atoms with Crippen LogP contribution < -0.4 is 27.6 Å². The van der Waals surface area contributed by atoms with Crippen molar-refractivity contribution in [2.45, 2.75) is 0 Å². The molecular weight excluding hydrogens is 690 g/mol. The molecule has 0 fully saturated rings. The Balaban J connectivity index is 1.20. The SMILES string of the molecule is c1ccc2c(c1)[Se]c1ccccc1N2c1ccc2c3ccc(N4c5ccccc5[Se]c5ccccc54)cc3c3ccccc3c2c1. The molecule has 2 aliphatic rings. The second-order valence-corrected chi connectivity index (χ2v) is 16.3. The van der Waals surface area contributed by atoms with Crippen LogP contribution in [0.3, 0.4) is 0 Å². The zero-order chi connectivity index (χ0) is 30.2. The summed E-state index contributed by atoms with van der Waals surface area (Å²) in [5.74, 6) is 0. The average Bonchev–Trinajstić information content (AvgIpc) is 3.12. The maximum absolute atomic E-state index is 2.46. The number of anilines is 6. The molecule has 0 N–H and O–H groups in total. The Hall–Kier alpha value is -4.82. The Bertz CT molecular complexity index is 2230. The van der Waals surface area contributed by atoms with Gasteiger partial charge in [-0.15, -0.1) is 0 Å². The molecule has 216 valence electrons. The molecule has 2 heterocycles. The summed E-state index contributed by atoms with van der Waals surface area (Å²) in [6, 6.07) is 58.7. The van der Waals surface area contributed by atoms with Crippen LogP contribution in [0.2, 0.25) is 0 Å². The van der Waals surface area contributed by atoms with Crippen LogP contribution in [0.5, 0.6) is 0 Å². The van der Waals surface area contributed by atoms with E-state index < -0.39 is 0 Å². The van der Waals surface area contributed by atoms with Gasteiger partial charge in [-0.05, 0) is 0 Å². The van der Waals surface area contributed by atoms with Gasteiger partial charge in [-0.2, -0.15) is 0 Å². The molecule has 2 nitrogen and oxygen atoms in total. The van der Waals surface area contributed by atoms with Gasteiger partial charge in [0.05, 0.1) is 0 Å². The molecule has 0 saturated heterocycles. The van der Waals surface area contributed by atoms with Gasteiger partial charge in [-0.25, -0.2) is 0 Å². The number of rotatable bonds is 2. The van der Waals surface area contributed by atoms with Crippen molar-refractivity contribution in [1.29, 1.82) is 0 Å². The van der Waals surface area contributed by atoms with Gasteiger partial charge >= 0.3 is 282 Å². The molecule has 0 aromatic heterocycles. The van der Waals surface area contributed by atoms with E-state index in [0.717, 1.165) is 0 Å². The third-order valence-electron chi connectivity index (χ3n) is 9.18. The summed E-state index contributed by atoms with van der Waals surface area (Å²) in [7, 11) is 0. The van der Waals surface area contributed by atoms with E-state index in [1.807, 2.05) is 0 Å². The van der Waals surface area contributed by atoms with E-state index in [4.69, 9.17) is 0 Å². The number of hydrogen-bond donors (Lipinski definition) is 0. The Morgan fingerprint density at radius 2 is 0.587 bits per heavy atom. The van der Waals surface area contributed by atoms with Crippen molar-refractivity contribution >= 4 is 114 Å². The van der Waals surface area contributed by atoms with E-state index in [1.54, 1.807) is 0 Å². The fourth-order valence-electron chi connectivity index (χ4n) is 7.18. The van der Waals surface area contributed by atoms with Crippen LogP contribution in [0, 0.1) is 0 Å². The van der Waals surface area contributed by atoms with E-state index in [0.29, 0.717) is 0 Å². The Kier molecular flexibility index (Phi) is 5.94. The molecule has 0 bridgehead atoms. The van der Waals surface area contributed by atoms with Gasteiger partial charge in [0.15, 0.2) is 0 Å². The summed E-state index contributed by atoms with van der Waals surface area (Å²) < 4.78 is 5.69. The second kappa shape index (κ2) is 10.4. The first-order valence-electron chi connectivity index (χ1n) is 15.5. The number of hydrogen-bond acceptors (Lipinski definition) is 2. The van der Waals surface area contributed by atoms with Crippen molar-refractivity contribution in [2.24, 2.45) is 0 Å². The van der Waals surface area contributed by atoms with Crippen LogP contribution in [0.1, 0.15) is 0 Å². The Morgan fingerprint density at radius 3 is 0.957 bits per heavy atom. The molecule has 10 rings (SSSR count). The van der Waals surface area contributed by atoms with Gasteiger partial charge in [0.2, 0.25) is 0 Å². The van der Waals surface area contributed by atoms with Crippen LogP contribution in [-0.2, 0) is 0 Å². The van der Waals surface area contributed by atoms with Crippen molar-refractivity contribution < 1.29 is 0 Å². The molecule has 8 aromatic carbocycles. The molecule has 8 aromatic rings. The van der Waals surface area contributed by atoms with Crippen molar-refractivity contribution in [1.82, 2.24) is 0 Å². The Morgan fingerprint density at radius 1 is 0.283 bits per heavy atom. The molecule has 0 atom stereocenters. The summed E-state index contributed by atoms with van der Waals surface area (Å²) in [5, 5.41) is 7.72. The number of benzene rings is 8. The van der Waals surface area contributed by atoms with E-state index >= 15 is 0 Å². The summed E-state index contributed by atoms with van der Waals surface area (Å²) in [6.45, 7) is 0. The summed E-state index contributed by atoms with van der Waals surface area (Å²) in [6.07, 6.45) is 0. The molecule has 0 radical (unpaired) electrons. The van der Waals surface area contributed by atoms with Gasteiger partial charge in [0.1, 0.15) is 0 Å². The third-order valence-corrected chi connectivity index (χ3v) is 13.9. The minimum absolute atomic E-state index is 0.289. The monoisotopic (exact) mass is 718 g/mol. The quantitative estimate of drug-likeness (QED) is 0.132. The number of nitrogens with zero attached hydrogens (tertiary/aromatic N) is 2. The average molecular weight is 717 g/mol. The molecule has 0 amide bonds. The number of fused-ring (bicyclic) bond motifs is 10. The Labute approximate surface area is 280 Å². The van der Waals surface area contributed by atoms with Gasteiger partial charge in [0.25, 0.3) is 0 Å². The summed E-state index contributed by atoms with van der Waals surface area (Å²) in [5.41, 5.74) is 7.56. The summed E-state index contributed by atoms with van der Waals surface area (Å²) >= 11 is 0.578. The molecule has 0 spiro atoms. The molecule has 0 saturated carbocycles. The third kappa shape index (κ3) is 3.95. The van der Waals surface area contributed by atoms with Crippen molar-refractivity contribution in [2.75, 3.05) is 9.80 Å². The molecule has 2 aliphatic heterocycles. The zero-order valence-electron chi connectivity index (χ0n) is 24.7. The first-order chi connectivity index (χ1) is 22.8. The fourth-order valence-corrected chi connectivity index (χ4v) is 11.6. The molecule has 4 heteroatoms. The van der Waals surface area contributed by atoms with E-state index in [2.05, 4.69) is 168 Å². The molecule has 0 unspecified atom stereocenters. The van der Waals surface area contributed by atoms with Crippen LogP contribution in [0.15, 0.2) is 158 Å². The van der Waals surface area contributed by atoms with Gasteiger partial charge in [-0.1, -0.05) is 0 Å². The predicted octanol–water partition coefficient (Wildman–Crippen LogP) is 8.02. The van der Waals surface area contributed by atoms with Gasteiger partial charge < -0.3 is 0 Å². The molecule has 0 aliphatic carbocycles. The zero-order valence-corrected chi connectivity index (χ0v) is 28.1.